The number of hydrogen-bond acceptors (Lipinski definition) is 1. The Balaban J connectivity index is 0.000000189. The Morgan fingerprint density at radius 1 is 0.692 bits per heavy atom. The van der Waals surface area contributed by atoms with Gasteiger partial charge >= 0.3 is 0 Å². The maximum atomic E-state index is 4.00. The maximum absolute atomic E-state index is 4.00. The maximum Gasteiger partial charge on any atom is -0.00484 e. The van der Waals surface area contributed by atoms with Crippen LogP contribution in [-0.4, -0.2) is 13.1 Å². The Kier molecular flexibility index (Phi) is 9.70. The van der Waals surface area contributed by atoms with Crippen molar-refractivity contribution in [3.05, 3.63) is 36.4 Å². The second kappa shape index (κ2) is 10.7. The Morgan fingerprint density at radius 3 is 1.15 bits per heavy atom. The van der Waals surface area contributed by atoms with Crippen LogP contribution >= 0.6 is 0 Å². The first-order chi connectivity index (χ1) is 6.50. The van der Waals surface area contributed by atoms with Crippen molar-refractivity contribution in [2.45, 2.75) is 12.8 Å². The lowest BCUT2D eigenvalue weighted by molar-refractivity contribution is 0.857. The average molecular weight is 175 g/mol. The minimum Gasteiger partial charge on any atom is -0.317 e. The predicted octanol–water partition coefficient (Wildman–Crippen LogP) is 2.31. The second-order valence-corrected chi connectivity index (χ2v) is 2.61. The first-order valence-corrected chi connectivity index (χ1v) is 4.54. The fourth-order valence-corrected chi connectivity index (χ4v) is 1.01. The zero-order chi connectivity index (χ0) is 9.78. The van der Waals surface area contributed by atoms with Gasteiger partial charge in [-0.15, -0.1) is 12.8 Å². The molecule has 1 aromatic carbocycles. The summed E-state index contributed by atoms with van der Waals surface area (Å²) >= 11 is 0. The molecule has 0 unspecified atom stereocenters. The molecule has 1 aromatic rings. The Hall–Kier alpha value is -1.26. The van der Waals surface area contributed by atoms with E-state index in [1.807, 2.05) is 36.4 Å². The molecular weight excluding hydrogens is 158 g/mol. The van der Waals surface area contributed by atoms with E-state index in [1.165, 1.54) is 25.9 Å². The minimum absolute atomic E-state index is 1.25. The summed E-state index contributed by atoms with van der Waals surface area (Å²) in [5.74, 6) is 0. The van der Waals surface area contributed by atoms with Crippen molar-refractivity contribution in [3.8, 4) is 12.8 Å². The van der Waals surface area contributed by atoms with Crippen LogP contribution in [0.5, 0.6) is 0 Å². The lowest BCUT2D eigenvalue weighted by Crippen LogP contribution is -2.03. The van der Waals surface area contributed by atoms with Crippen LogP contribution in [0.15, 0.2) is 36.4 Å². The monoisotopic (exact) mass is 175 g/mol. The van der Waals surface area contributed by atoms with Gasteiger partial charge in [0.25, 0.3) is 0 Å². The summed E-state index contributed by atoms with van der Waals surface area (Å²) in [6, 6.07) is 12.0. The van der Waals surface area contributed by atoms with E-state index in [9.17, 15) is 0 Å². The van der Waals surface area contributed by atoms with Gasteiger partial charge in [0.05, 0.1) is 0 Å². The number of hydrogen-bond donors (Lipinski definition) is 1. The lowest BCUT2D eigenvalue weighted by Gasteiger charge is -1.76. The van der Waals surface area contributed by atoms with Crippen molar-refractivity contribution < 1.29 is 0 Å². The molecule has 0 amide bonds. The molecule has 0 bridgehead atoms. The molecule has 1 aliphatic heterocycles. The summed E-state index contributed by atoms with van der Waals surface area (Å²) in [5.41, 5.74) is 0. The summed E-state index contributed by atoms with van der Waals surface area (Å²) in [7, 11) is 0. The van der Waals surface area contributed by atoms with Gasteiger partial charge in [0.15, 0.2) is 0 Å². The fourth-order valence-electron chi connectivity index (χ4n) is 1.01. The molecule has 1 saturated heterocycles. The van der Waals surface area contributed by atoms with Gasteiger partial charge in [-0.05, 0) is 25.9 Å². The first-order valence-electron chi connectivity index (χ1n) is 4.54. The summed E-state index contributed by atoms with van der Waals surface area (Å²) in [4.78, 5) is 0. The molecule has 0 aliphatic carbocycles. The third-order valence-corrected chi connectivity index (χ3v) is 1.62. The largest absolute Gasteiger partial charge is 0.317 e. The molecule has 1 aliphatic rings. The fraction of sp³-hybridized carbons (Fsp3) is 0.333. The highest BCUT2D eigenvalue weighted by Crippen LogP contribution is 1.90. The van der Waals surface area contributed by atoms with Gasteiger partial charge < -0.3 is 5.32 Å². The third kappa shape index (κ3) is 8.65. The molecule has 13 heavy (non-hydrogen) atoms. The van der Waals surface area contributed by atoms with E-state index < -0.39 is 0 Å². The van der Waals surface area contributed by atoms with E-state index in [2.05, 4.69) is 18.2 Å². The van der Waals surface area contributed by atoms with E-state index >= 15 is 0 Å². The van der Waals surface area contributed by atoms with Gasteiger partial charge in [0, 0.05) is 0 Å². The number of nitrogens with one attached hydrogen (secondary N) is 1. The molecule has 1 fully saturated rings. The minimum atomic E-state index is 1.25. The molecule has 70 valence electrons. The van der Waals surface area contributed by atoms with Gasteiger partial charge in [-0.1, -0.05) is 36.4 Å². The number of rotatable bonds is 0. The van der Waals surface area contributed by atoms with Crippen molar-refractivity contribution in [2.24, 2.45) is 0 Å². The summed E-state index contributed by atoms with van der Waals surface area (Å²) in [5, 5.41) is 3.22. The van der Waals surface area contributed by atoms with Crippen molar-refractivity contribution in [1.82, 2.24) is 5.32 Å². The summed E-state index contributed by atoms with van der Waals surface area (Å²) in [6.45, 7) is 2.50. The van der Waals surface area contributed by atoms with E-state index in [-0.39, 0.29) is 0 Å². The molecule has 0 saturated carbocycles. The molecule has 1 heterocycles. The van der Waals surface area contributed by atoms with Crippen LogP contribution in [-0.2, 0) is 0 Å². The molecule has 2 rings (SSSR count). The van der Waals surface area contributed by atoms with E-state index in [1.54, 1.807) is 0 Å². The molecule has 0 aromatic heterocycles. The zero-order valence-electron chi connectivity index (χ0n) is 7.95. The van der Waals surface area contributed by atoms with Crippen LogP contribution in [0.25, 0.3) is 0 Å². The SMILES string of the molecule is C#C.C1CCNC1.c1ccccc1. The highest BCUT2D eigenvalue weighted by molar-refractivity contribution is 4.99. The first kappa shape index (κ1) is 11.7. The Morgan fingerprint density at radius 2 is 1.00 bits per heavy atom. The Labute approximate surface area is 81.2 Å². The predicted molar refractivity (Wildman–Crippen MR) is 58.4 cm³/mol. The van der Waals surface area contributed by atoms with Crippen molar-refractivity contribution >= 4 is 0 Å². The van der Waals surface area contributed by atoms with Crippen LogP contribution in [0.1, 0.15) is 12.8 Å². The van der Waals surface area contributed by atoms with Crippen LogP contribution in [0.2, 0.25) is 0 Å². The van der Waals surface area contributed by atoms with Gasteiger partial charge in [-0.2, -0.15) is 0 Å². The van der Waals surface area contributed by atoms with Crippen LogP contribution in [0.3, 0.4) is 0 Å². The quantitative estimate of drug-likeness (QED) is 0.597. The van der Waals surface area contributed by atoms with Crippen LogP contribution in [0, 0.1) is 12.8 Å². The normalized spacial score (nSPS) is 13.1. The van der Waals surface area contributed by atoms with Gasteiger partial charge in [-0.25, -0.2) is 0 Å². The van der Waals surface area contributed by atoms with Crippen molar-refractivity contribution in [2.75, 3.05) is 13.1 Å². The number of terminal acetylenes is 1. The summed E-state index contributed by atoms with van der Waals surface area (Å²) in [6.07, 6.45) is 10.8. The molecule has 0 spiro atoms. The van der Waals surface area contributed by atoms with Crippen molar-refractivity contribution in [3.63, 3.8) is 0 Å². The van der Waals surface area contributed by atoms with Crippen LogP contribution < -0.4 is 5.32 Å². The average Bonchev–Trinajstić information content (AvgIpc) is 2.82. The standard InChI is InChI=1S/C6H6.C4H9N.C2H2/c1-2-4-6-5-3-1;1-2-4-5-3-1;1-2/h1-6H;5H,1-4H2;1-2H. The summed E-state index contributed by atoms with van der Waals surface area (Å²) < 4.78 is 0. The number of benzene rings is 1. The Bertz CT molecular complexity index is 152. The third-order valence-electron chi connectivity index (χ3n) is 1.62. The lowest BCUT2D eigenvalue weighted by atomic mass is 10.4. The zero-order valence-corrected chi connectivity index (χ0v) is 7.95. The topological polar surface area (TPSA) is 12.0 Å². The smallest absolute Gasteiger partial charge is 0.00484 e. The van der Waals surface area contributed by atoms with Gasteiger partial charge in [-0.3, -0.25) is 0 Å². The molecule has 1 N–H and O–H groups in total. The van der Waals surface area contributed by atoms with Crippen LogP contribution in [0.4, 0.5) is 0 Å². The van der Waals surface area contributed by atoms with E-state index in [0.717, 1.165) is 0 Å². The highest BCUT2D eigenvalue weighted by atomic mass is 14.9. The van der Waals surface area contributed by atoms with Gasteiger partial charge in [0.2, 0.25) is 0 Å². The second-order valence-electron chi connectivity index (χ2n) is 2.61. The molecular formula is C12H17N. The van der Waals surface area contributed by atoms with Crippen molar-refractivity contribution in [1.29, 1.82) is 0 Å². The molecule has 1 heteroatoms. The van der Waals surface area contributed by atoms with E-state index in [0.29, 0.717) is 0 Å². The van der Waals surface area contributed by atoms with E-state index in [4.69, 9.17) is 0 Å². The van der Waals surface area contributed by atoms with Gasteiger partial charge in [0.1, 0.15) is 0 Å². The molecule has 0 radical (unpaired) electrons. The molecule has 0 atom stereocenters. The highest BCUT2D eigenvalue weighted by Gasteiger charge is 1.93. The molecule has 1 nitrogen and oxygen atoms in total.